The van der Waals surface area contributed by atoms with Gasteiger partial charge in [0.05, 0.1) is 6.04 Å². The molecule has 0 saturated carbocycles. The van der Waals surface area contributed by atoms with E-state index in [9.17, 15) is 9.59 Å². The molecule has 0 fully saturated rings. The topological polar surface area (TPSA) is 49.4 Å². The molecule has 2 aromatic carbocycles. The number of benzene rings is 2. The zero-order chi connectivity index (χ0) is 19.4. The van der Waals surface area contributed by atoms with Crippen LogP contribution in [0.3, 0.4) is 0 Å². The molecule has 1 atom stereocenters. The van der Waals surface area contributed by atoms with Crippen molar-refractivity contribution >= 4 is 11.8 Å². The number of hydrogen-bond donors (Lipinski definition) is 1. The van der Waals surface area contributed by atoms with Gasteiger partial charge in [-0.05, 0) is 49.1 Å². The van der Waals surface area contributed by atoms with Crippen LogP contribution in [0.25, 0.3) is 11.1 Å². The average molecular weight is 362 g/mol. The zero-order valence-corrected chi connectivity index (χ0v) is 16.2. The van der Waals surface area contributed by atoms with E-state index in [2.05, 4.69) is 18.3 Å². The summed E-state index contributed by atoms with van der Waals surface area (Å²) in [5, 5.41) is 2.89. The summed E-state index contributed by atoms with van der Waals surface area (Å²) in [6, 6.07) is 15.9. The quantitative estimate of drug-likeness (QED) is 0.823. The average Bonchev–Trinajstić information content (AvgIpc) is 2.68. The molecule has 140 valence electrons. The van der Waals surface area contributed by atoms with Crippen molar-refractivity contribution in [1.82, 2.24) is 10.2 Å². The van der Waals surface area contributed by atoms with E-state index in [0.29, 0.717) is 6.54 Å². The molecule has 0 saturated heterocycles. The van der Waals surface area contributed by atoms with Crippen LogP contribution in [-0.4, -0.2) is 29.8 Å². The van der Waals surface area contributed by atoms with Gasteiger partial charge < -0.3 is 10.2 Å². The summed E-state index contributed by atoms with van der Waals surface area (Å²) in [6.07, 6.45) is 3.08. The highest BCUT2D eigenvalue weighted by molar-refractivity contribution is 5.95. The van der Waals surface area contributed by atoms with E-state index < -0.39 is 0 Å². The molecular formula is C23H26N2O2. The van der Waals surface area contributed by atoms with Gasteiger partial charge in [0, 0.05) is 25.6 Å². The Kier molecular flexibility index (Phi) is 5.75. The number of nitrogens with one attached hydrogen (secondary N) is 1. The first kappa shape index (κ1) is 18.9. The van der Waals surface area contributed by atoms with Crippen LogP contribution in [0, 0.1) is 0 Å². The molecule has 1 unspecified atom stereocenters. The van der Waals surface area contributed by atoms with Crippen LogP contribution in [0.15, 0.2) is 60.2 Å². The number of carbonyl (C=O) groups excluding carboxylic acids is 2. The first-order valence-corrected chi connectivity index (χ1v) is 9.36. The van der Waals surface area contributed by atoms with Gasteiger partial charge in [-0.25, -0.2) is 0 Å². The highest BCUT2D eigenvalue weighted by Crippen LogP contribution is 2.23. The largest absolute Gasteiger partial charge is 0.350 e. The third-order valence-corrected chi connectivity index (χ3v) is 5.02. The highest BCUT2D eigenvalue weighted by Gasteiger charge is 2.17. The molecule has 1 aliphatic rings. The van der Waals surface area contributed by atoms with Gasteiger partial charge in [-0.3, -0.25) is 9.59 Å². The molecule has 2 amide bonds. The molecule has 0 bridgehead atoms. The Balaban J connectivity index is 1.70. The van der Waals surface area contributed by atoms with Gasteiger partial charge in [0.1, 0.15) is 0 Å². The van der Waals surface area contributed by atoms with E-state index in [-0.39, 0.29) is 17.9 Å². The Hall–Kier alpha value is -2.88. The minimum Gasteiger partial charge on any atom is -0.350 e. The summed E-state index contributed by atoms with van der Waals surface area (Å²) in [5.41, 5.74) is 5.30. The Morgan fingerprint density at radius 2 is 1.59 bits per heavy atom. The van der Waals surface area contributed by atoms with E-state index in [0.717, 1.165) is 35.2 Å². The molecule has 3 rings (SSSR count). The lowest BCUT2D eigenvalue weighted by molar-refractivity contribution is -0.119. The van der Waals surface area contributed by atoms with E-state index in [1.807, 2.05) is 60.4 Å². The van der Waals surface area contributed by atoms with Crippen molar-refractivity contribution in [2.45, 2.75) is 33.2 Å². The maximum absolute atomic E-state index is 12.6. The van der Waals surface area contributed by atoms with Gasteiger partial charge in [0.2, 0.25) is 5.91 Å². The number of nitrogens with zero attached hydrogens (tertiary/aromatic N) is 1. The van der Waals surface area contributed by atoms with Gasteiger partial charge in [0.25, 0.3) is 5.91 Å². The number of hydrogen-bond acceptors (Lipinski definition) is 2. The van der Waals surface area contributed by atoms with E-state index in [1.54, 1.807) is 0 Å². The van der Waals surface area contributed by atoms with E-state index in [1.165, 1.54) is 12.5 Å². The third-order valence-electron chi connectivity index (χ3n) is 5.02. The first-order valence-electron chi connectivity index (χ1n) is 9.36. The SMILES string of the molecule is CC(=O)NC(C)c1ccc(-c2ccc(C(=O)N3CC=C(C)CC3)cc2)cc1. The minimum absolute atomic E-state index is 0.0150. The van der Waals surface area contributed by atoms with E-state index in [4.69, 9.17) is 0 Å². The predicted molar refractivity (Wildman–Crippen MR) is 108 cm³/mol. The molecule has 1 N–H and O–H groups in total. The Labute approximate surface area is 160 Å². The van der Waals surface area contributed by atoms with Crippen LogP contribution >= 0.6 is 0 Å². The standard InChI is InChI=1S/C23H26N2O2/c1-16-12-14-25(15-13-16)23(27)22-10-8-21(9-11-22)20-6-4-19(5-7-20)17(2)24-18(3)26/h4-12,17H,13-15H2,1-3H3,(H,24,26). The van der Waals surface area contributed by atoms with Crippen molar-refractivity contribution in [2.24, 2.45) is 0 Å². The highest BCUT2D eigenvalue weighted by atomic mass is 16.2. The van der Waals surface area contributed by atoms with Crippen LogP contribution in [0.5, 0.6) is 0 Å². The molecule has 2 aromatic rings. The summed E-state index contributed by atoms with van der Waals surface area (Å²) in [4.78, 5) is 25.7. The minimum atomic E-state index is -0.0359. The lowest BCUT2D eigenvalue weighted by atomic mass is 10.00. The van der Waals surface area contributed by atoms with Crippen LogP contribution in [-0.2, 0) is 4.79 Å². The van der Waals surface area contributed by atoms with Crippen molar-refractivity contribution in [3.8, 4) is 11.1 Å². The Morgan fingerprint density at radius 3 is 2.11 bits per heavy atom. The smallest absolute Gasteiger partial charge is 0.254 e. The van der Waals surface area contributed by atoms with Gasteiger partial charge in [-0.1, -0.05) is 48.0 Å². The van der Waals surface area contributed by atoms with E-state index >= 15 is 0 Å². The van der Waals surface area contributed by atoms with Crippen LogP contribution in [0.1, 0.15) is 49.2 Å². The Morgan fingerprint density at radius 1 is 1.00 bits per heavy atom. The predicted octanol–water partition coefficient (Wildman–Crippen LogP) is 4.34. The number of rotatable bonds is 4. The van der Waals surface area contributed by atoms with Gasteiger partial charge >= 0.3 is 0 Å². The fraction of sp³-hybridized carbons (Fsp3) is 0.304. The molecule has 0 radical (unpaired) electrons. The molecule has 0 spiro atoms. The van der Waals surface area contributed by atoms with Crippen molar-refractivity contribution in [1.29, 1.82) is 0 Å². The first-order chi connectivity index (χ1) is 12.9. The fourth-order valence-corrected chi connectivity index (χ4v) is 3.30. The second-order valence-electron chi connectivity index (χ2n) is 7.17. The number of carbonyl (C=O) groups is 2. The molecule has 4 nitrogen and oxygen atoms in total. The monoisotopic (exact) mass is 362 g/mol. The molecular weight excluding hydrogens is 336 g/mol. The van der Waals surface area contributed by atoms with Crippen LogP contribution < -0.4 is 5.32 Å². The summed E-state index contributed by atoms with van der Waals surface area (Å²) >= 11 is 0. The molecule has 4 heteroatoms. The van der Waals surface area contributed by atoms with Gasteiger partial charge in [0.15, 0.2) is 0 Å². The molecule has 1 heterocycles. The summed E-state index contributed by atoms with van der Waals surface area (Å²) in [6.45, 7) is 7.08. The summed E-state index contributed by atoms with van der Waals surface area (Å²) in [7, 11) is 0. The maximum Gasteiger partial charge on any atom is 0.254 e. The number of amides is 2. The lowest BCUT2D eigenvalue weighted by Gasteiger charge is -2.25. The fourth-order valence-electron chi connectivity index (χ4n) is 3.30. The van der Waals surface area contributed by atoms with Crippen molar-refractivity contribution in [2.75, 3.05) is 13.1 Å². The van der Waals surface area contributed by atoms with Crippen molar-refractivity contribution < 1.29 is 9.59 Å². The second kappa shape index (κ2) is 8.21. The van der Waals surface area contributed by atoms with Gasteiger partial charge in [-0.2, -0.15) is 0 Å². The van der Waals surface area contributed by atoms with Gasteiger partial charge in [-0.15, -0.1) is 0 Å². The molecule has 0 aromatic heterocycles. The summed E-state index contributed by atoms with van der Waals surface area (Å²) in [5.74, 6) is 0.0518. The maximum atomic E-state index is 12.6. The van der Waals surface area contributed by atoms with Crippen LogP contribution in [0.4, 0.5) is 0 Å². The second-order valence-corrected chi connectivity index (χ2v) is 7.17. The normalized spacial score (nSPS) is 15.1. The molecule has 1 aliphatic heterocycles. The summed E-state index contributed by atoms with van der Waals surface area (Å²) < 4.78 is 0. The molecule has 0 aliphatic carbocycles. The van der Waals surface area contributed by atoms with Crippen molar-refractivity contribution in [3.05, 3.63) is 71.3 Å². The Bertz CT molecular complexity index is 851. The molecule has 27 heavy (non-hydrogen) atoms. The third kappa shape index (κ3) is 4.64. The van der Waals surface area contributed by atoms with Crippen LogP contribution in [0.2, 0.25) is 0 Å². The lowest BCUT2D eigenvalue weighted by Crippen LogP contribution is -2.34. The zero-order valence-electron chi connectivity index (χ0n) is 16.2. The van der Waals surface area contributed by atoms with Crippen molar-refractivity contribution in [3.63, 3.8) is 0 Å².